The summed E-state index contributed by atoms with van der Waals surface area (Å²) in [5, 5.41) is 18.2. The van der Waals surface area contributed by atoms with Gasteiger partial charge in [0.25, 0.3) is 0 Å². The SMILES string of the molecule is CC(C)(O)[N+](C)(C)CCO. The number of likely N-dealkylation sites (N-methyl/N-ethyl adjacent to an activating group) is 1. The first kappa shape index (κ1) is 9.88. The largest absolute Gasteiger partial charge is 0.391 e. The van der Waals surface area contributed by atoms with Crippen LogP contribution in [-0.4, -0.2) is 47.7 Å². The molecule has 0 aliphatic carbocycles. The van der Waals surface area contributed by atoms with E-state index in [1.165, 1.54) is 0 Å². The fourth-order valence-corrected chi connectivity index (χ4v) is 0.524. The van der Waals surface area contributed by atoms with Gasteiger partial charge in [-0.15, -0.1) is 0 Å². The zero-order chi connectivity index (χ0) is 8.41. The quantitative estimate of drug-likeness (QED) is 0.429. The van der Waals surface area contributed by atoms with Crippen molar-refractivity contribution in [2.45, 2.75) is 19.6 Å². The zero-order valence-corrected chi connectivity index (χ0v) is 7.26. The molecule has 10 heavy (non-hydrogen) atoms. The van der Waals surface area contributed by atoms with E-state index in [1.54, 1.807) is 13.8 Å². The van der Waals surface area contributed by atoms with Crippen LogP contribution >= 0.6 is 0 Å². The van der Waals surface area contributed by atoms with Crippen LogP contribution in [0.3, 0.4) is 0 Å². The van der Waals surface area contributed by atoms with Crippen LogP contribution in [0.25, 0.3) is 0 Å². The van der Waals surface area contributed by atoms with Gasteiger partial charge in [-0.05, 0) is 0 Å². The number of hydrogen-bond acceptors (Lipinski definition) is 2. The summed E-state index contributed by atoms with van der Waals surface area (Å²) in [6.45, 7) is 4.16. The van der Waals surface area contributed by atoms with E-state index in [4.69, 9.17) is 5.11 Å². The van der Waals surface area contributed by atoms with Crippen LogP contribution in [0.1, 0.15) is 13.8 Å². The summed E-state index contributed by atoms with van der Waals surface area (Å²) >= 11 is 0. The molecule has 0 spiro atoms. The maximum absolute atomic E-state index is 9.54. The predicted molar refractivity (Wildman–Crippen MR) is 40.4 cm³/mol. The third-order valence-corrected chi connectivity index (χ3v) is 2.14. The van der Waals surface area contributed by atoms with Gasteiger partial charge < -0.3 is 10.2 Å². The van der Waals surface area contributed by atoms with Crippen LogP contribution in [0.5, 0.6) is 0 Å². The lowest BCUT2D eigenvalue weighted by molar-refractivity contribution is -0.962. The normalized spacial score (nSPS) is 13.8. The van der Waals surface area contributed by atoms with Crippen LogP contribution in [0, 0.1) is 0 Å². The van der Waals surface area contributed by atoms with E-state index in [0.717, 1.165) is 0 Å². The molecular formula is C7H18NO2+. The maximum atomic E-state index is 9.54. The van der Waals surface area contributed by atoms with Crippen LogP contribution in [-0.2, 0) is 0 Å². The Hall–Kier alpha value is -0.120. The Labute approximate surface area is 62.5 Å². The predicted octanol–water partition coefficient (Wildman–Crippen LogP) is -0.217. The molecule has 3 nitrogen and oxygen atoms in total. The Balaban J connectivity index is 4.10. The van der Waals surface area contributed by atoms with Gasteiger partial charge in [0.1, 0.15) is 6.54 Å². The standard InChI is InChI=1S/C7H18NO2/c1-7(2,10)8(3,4)5-6-9/h9-10H,5-6H2,1-4H3/q+1. The van der Waals surface area contributed by atoms with Crippen LogP contribution in [0.15, 0.2) is 0 Å². The second-order valence-electron chi connectivity index (χ2n) is 3.63. The van der Waals surface area contributed by atoms with E-state index in [9.17, 15) is 5.11 Å². The van der Waals surface area contributed by atoms with Crippen molar-refractivity contribution in [3.63, 3.8) is 0 Å². The molecule has 3 heteroatoms. The Morgan fingerprint density at radius 1 is 1.30 bits per heavy atom. The summed E-state index contributed by atoms with van der Waals surface area (Å²) in [5.74, 6) is 0. The van der Waals surface area contributed by atoms with E-state index >= 15 is 0 Å². The third kappa shape index (κ3) is 2.25. The van der Waals surface area contributed by atoms with Gasteiger partial charge in [-0.25, -0.2) is 0 Å². The summed E-state index contributed by atoms with van der Waals surface area (Å²) in [7, 11) is 3.77. The molecule has 0 aliphatic rings. The molecule has 0 saturated heterocycles. The Kier molecular flexibility index (Phi) is 2.83. The number of hydrogen-bond donors (Lipinski definition) is 2. The third-order valence-electron chi connectivity index (χ3n) is 2.14. The van der Waals surface area contributed by atoms with Crippen LogP contribution in [0.2, 0.25) is 0 Å². The Morgan fingerprint density at radius 3 is 1.80 bits per heavy atom. The summed E-state index contributed by atoms with van der Waals surface area (Å²) in [6.07, 6.45) is 0. The van der Waals surface area contributed by atoms with Gasteiger partial charge >= 0.3 is 0 Å². The molecule has 0 radical (unpaired) electrons. The minimum atomic E-state index is -0.775. The molecular weight excluding hydrogens is 130 g/mol. The van der Waals surface area contributed by atoms with Gasteiger partial charge in [0.15, 0.2) is 5.72 Å². The fourth-order valence-electron chi connectivity index (χ4n) is 0.524. The van der Waals surface area contributed by atoms with Gasteiger partial charge in [0, 0.05) is 13.8 Å². The summed E-state index contributed by atoms with van der Waals surface area (Å²) < 4.78 is 0.420. The lowest BCUT2D eigenvalue weighted by Crippen LogP contribution is -2.57. The van der Waals surface area contributed by atoms with Crippen molar-refractivity contribution in [3.05, 3.63) is 0 Å². The first-order valence-corrected chi connectivity index (χ1v) is 3.47. The van der Waals surface area contributed by atoms with Crippen molar-refractivity contribution in [3.8, 4) is 0 Å². The molecule has 0 bridgehead atoms. The second kappa shape index (κ2) is 2.86. The average molecular weight is 148 g/mol. The second-order valence-corrected chi connectivity index (χ2v) is 3.63. The van der Waals surface area contributed by atoms with Gasteiger partial charge in [-0.3, -0.25) is 4.48 Å². The van der Waals surface area contributed by atoms with Crippen molar-refractivity contribution in [2.24, 2.45) is 0 Å². The zero-order valence-electron chi connectivity index (χ0n) is 7.26. The monoisotopic (exact) mass is 148 g/mol. The first-order valence-electron chi connectivity index (χ1n) is 3.47. The summed E-state index contributed by atoms with van der Waals surface area (Å²) in [6, 6.07) is 0. The molecule has 62 valence electrons. The molecule has 0 fully saturated rings. The van der Waals surface area contributed by atoms with Crippen molar-refractivity contribution >= 4 is 0 Å². The van der Waals surface area contributed by atoms with Gasteiger partial charge in [0.05, 0.1) is 20.7 Å². The van der Waals surface area contributed by atoms with Crippen molar-refractivity contribution in [1.82, 2.24) is 0 Å². The van der Waals surface area contributed by atoms with Gasteiger partial charge in [-0.1, -0.05) is 0 Å². The molecule has 0 heterocycles. The minimum absolute atomic E-state index is 0.108. The maximum Gasteiger partial charge on any atom is 0.194 e. The topological polar surface area (TPSA) is 40.5 Å². The minimum Gasteiger partial charge on any atom is -0.391 e. The van der Waals surface area contributed by atoms with E-state index < -0.39 is 5.72 Å². The van der Waals surface area contributed by atoms with Crippen molar-refractivity contribution in [2.75, 3.05) is 27.2 Å². The van der Waals surface area contributed by atoms with Gasteiger partial charge in [-0.2, -0.15) is 0 Å². The Morgan fingerprint density at radius 2 is 1.70 bits per heavy atom. The van der Waals surface area contributed by atoms with Crippen molar-refractivity contribution in [1.29, 1.82) is 0 Å². The van der Waals surface area contributed by atoms with E-state index in [2.05, 4.69) is 0 Å². The van der Waals surface area contributed by atoms with E-state index in [0.29, 0.717) is 11.0 Å². The molecule has 0 rings (SSSR count). The molecule has 0 aliphatic heterocycles. The summed E-state index contributed by atoms with van der Waals surface area (Å²) in [5.41, 5.74) is -0.775. The highest BCUT2D eigenvalue weighted by molar-refractivity contribution is 4.49. The first-order chi connectivity index (χ1) is 4.31. The van der Waals surface area contributed by atoms with Crippen LogP contribution < -0.4 is 0 Å². The van der Waals surface area contributed by atoms with Crippen molar-refractivity contribution < 1.29 is 14.7 Å². The molecule has 0 amide bonds. The highest BCUT2D eigenvalue weighted by atomic mass is 16.3. The number of aliphatic hydroxyl groups excluding tert-OH is 1. The van der Waals surface area contributed by atoms with Gasteiger partial charge in [0.2, 0.25) is 0 Å². The lowest BCUT2D eigenvalue weighted by Gasteiger charge is -2.39. The molecule has 2 N–H and O–H groups in total. The molecule has 0 aromatic carbocycles. The van der Waals surface area contributed by atoms with Crippen LogP contribution in [0.4, 0.5) is 0 Å². The molecule has 0 saturated carbocycles. The summed E-state index contributed by atoms with van der Waals surface area (Å²) in [4.78, 5) is 0. The number of aliphatic hydroxyl groups is 2. The fraction of sp³-hybridized carbons (Fsp3) is 1.00. The molecule has 0 aromatic heterocycles. The van der Waals surface area contributed by atoms with E-state index in [-0.39, 0.29) is 6.61 Å². The number of nitrogens with zero attached hydrogens (tertiary/aromatic N) is 1. The number of quaternary nitrogens is 1. The highest BCUT2D eigenvalue weighted by Gasteiger charge is 2.32. The molecule has 0 unspecified atom stereocenters. The number of rotatable bonds is 3. The Bertz CT molecular complexity index is 105. The molecule has 0 atom stereocenters. The average Bonchev–Trinajstić information content (AvgIpc) is 1.61. The smallest absolute Gasteiger partial charge is 0.194 e. The van der Waals surface area contributed by atoms with E-state index in [1.807, 2.05) is 14.1 Å². The highest BCUT2D eigenvalue weighted by Crippen LogP contribution is 2.14. The lowest BCUT2D eigenvalue weighted by atomic mass is 10.2. The molecule has 0 aromatic rings.